The van der Waals surface area contributed by atoms with Gasteiger partial charge in [-0.3, -0.25) is 9.59 Å². The maximum absolute atomic E-state index is 12.3. The Balaban J connectivity index is 1.73. The number of Topliss-reactive ketones (excluding diaryl/α,β-unsaturated/α-hetero) is 1. The number of fused-ring (bicyclic) bond motifs is 1. The normalized spacial score (nSPS) is 10.5. The zero-order valence-corrected chi connectivity index (χ0v) is 12.9. The molecule has 0 aliphatic carbocycles. The quantitative estimate of drug-likeness (QED) is 0.741. The third-order valence-corrected chi connectivity index (χ3v) is 3.80. The highest BCUT2D eigenvalue weighted by molar-refractivity contribution is 5.98. The maximum Gasteiger partial charge on any atom is 0.251 e. The van der Waals surface area contributed by atoms with Crippen LogP contribution in [0.25, 0.3) is 10.8 Å². The zero-order valence-electron chi connectivity index (χ0n) is 12.9. The van der Waals surface area contributed by atoms with Gasteiger partial charge in [-0.05, 0) is 41.5 Å². The second-order valence-corrected chi connectivity index (χ2v) is 5.50. The standard InChI is InChI=1S/C20H17NO2/c1-14(22)17-8-4-5-15(11-17)13-21-20(23)19-10-9-16-6-2-3-7-18(16)12-19/h2-12H,13H2,1H3,(H,21,23). The van der Waals surface area contributed by atoms with Gasteiger partial charge in [0.2, 0.25) is 0 Å². The van der Waals surface area contributed by atoms with Crippen LogP contribution in [0.4, 0.5) is 0 Å². The molecule has 3 rings (SSSR count). The van der Waals surface area contributed by atoms with E-state index in [1.54, 1.807) is 6.07 Å². The van der Waals surface area contributed by atoms with Gasteiger partial charge in [0.15, 0.2) is 5.78 Å². The van der Waals surface area contributed by atoms with E-state index < -0.39 is 0 Å². The number of amides is 1. The molecule has 0 radical (unpaired) electrons. The average Bonchev–Trinajstić information content (AvgIpc) is 2.59. The van der Waals surface area contributed by atoms with E-state index >= 15 is 0 Å². The summed E-state index contributed by atoms with van der Waals surface area (Å²) >= 11 is 0. The molecule has 0 fully saturated rings. The molecule has 0 bridgehead atoms. The first kappa shape index (κ1) is 15.0. The van der Waals surface area contributed by atoms with E-state index in [0.29, 0.717) is 17.7 Å². The van der Waals surface area contributed by atoms with Gasteiger partial charge in [0, 0.05) is 17.7 Å². The number of carbonyl (C=O) groups excluding carboxylic acids is 2. The Morgan fingerprint density at radius 1 is 0.826 bits per heavy atom. The summed E-state index contributed by atoms with van der Waals surface area (Å²) in [6, 6.07) is 20.9. The SMILES string of the molecule is CC(=O)c1cccc(CNC(=O)c2ccc3ccccc3c2)c1. The molecule has 0 atom stereocenters. The van der Waals surface area contributed by atoms with Crippen molar-refractivity contribution in [3.05, 3.63) is 83.4 Å². The molecule has 0 aromatic heterocycles. The van der Waals surface area contributed by atoms with E-state index in [0.717, 1.165) is 16.3 Å². The summed E-state index contributed by atoms with van der Waals surface area (Å²) in [7, 11) is 0. The Bertz CT molecular complexity index is 883. The van der Waals surface area contributed by atoms with Crippen LogP contribution < -0.4 is 5.32 Å². The molecule has 0 heterocycles. The van der Waals surface area contributed by atoms with Crippen LogP contribution in [0.3, 0.4) is 0 Å². The van der Waals surface area contributed by atoms with E-state index in [4.69, 9.17) is 0 Å². The van der Waals surface area contributed by atoms with E-state index in [1.807, 2.05) is 60.7 Å². The van der Waals surface area contributed by atoms with Gasteiger partial charge in [0.25, 0.3) is 5.91 Å². The van der Waals surface area contributed by atoms with Crippen molar-refractivity contribution in [2.75, 3.05) is 0 Å². The molecule has 114 valence electrons. The Morgan fingerprint density at radius 3 is 2.39 bits per heavy atom. The fourth-order valence-corrected chi connectivity index (χ4v) is 2.52. The van der Waals surface area contributed by atoms with Crippen LogP contribution in [-0.2, 0) is 6.54 Å². The Hall–Kier alpha value is -2.94. The molecule has 1 N–H and O–H groups in total. The summed E-state index contributed by atoms with van der Waals surface area (Å²) in [5.41, 5.74) is 2.20. The van der Waals surface area contributed by atoms with Crippen molar-refractivity contribution < 1.29 is 9.59 Å². The minimum absolute atomic E-state index is 0.0210. The largest absolute Gasteiger partial charge is 0.348 e. The van der Waals surface area contributed by atoms with Crippen LogP contribution in [-0.4, -0.2) is 11.7 Å². The van der Waals surface area contributed by atoms with Crippen molar-refractivity contribution in [1.29, 1.82) is 0 Å². The Kier molecular flexibility index (Phi) is 4.20. The van der Waals surface area contributed by atoms with Crippen LogP contribution in [0.1, 0.15) is 33.2 Å². The predicted molar refractivity (Wildman–Crippen MR) is 91.6 cm³/mol. The van der Waals surface area contributed by atoms with Crippen LogP contribution in [0.5, 0.6) is 0 Å². The third kappa shape index (κ3) is 3.46. The summed E-state index contributed by atoms with van der Waals surface area (Å²) < 4.78 is 0. The molecular formula is C20H17NO2. The molecule has 0 spiro atoms. The molecular weight excluding hydrogens is 286 g/mol. The number of hydrogen-bond donors (Lipinski definition) is 1. The highest BCUT2D eigenvalue weighted by atomic mass is 16.1. The van der Waals surface area contributed by atoms with Crippen molar-refractivity contribution in [2.24, 2.45) is 0 Å². The predicted octanol–water partition coefficient (Wildman–Crippen LogP) is 3.97. The molecule has 1 amide bonds. The van der Waals surface area contributed by atoms with E-state index in [2.05, 4.69) is 5.32 Å². The lowest BCUT2D eigenvalue weighted by atomic mass is 10.1. The minimum atomic E-state index is -0.121. The van der Waals surface area contributed by atoms with Gasteiger partial charge >= 0.3 is 0 Å². The summed E-state index contributed by atoms with van der Waals surface area (Å²) in [6.07, 6.45) is 0. The van der Waals surface area contributed by atoms with Crippen molar-refractivity contribution >= 4 is 22.5 Å². The molecule has 0 saturated heterocycles. The molecule has 3 nitrogen and oxygen atoms in total. The Labute approximate surface area is 135 Å². The molecule has 0 unspecified atom stereocenters. The molecule has 3 aromatic rings. The monoisotopic (exact) mass is 303 g/mol. The van der Waals surface area contributed by atoms with Gasteiger partial charge in [-0.15, -0.1) is 0 Å². The van der Waals surface area contributed by atoms with Crippen molar-refractivity contribution in [3.63, 3.8) is 0 Å². The number of hydrogen-bond acceptors (Lipinski definition) is 2. The number of rotatable bonds is 4. The summed E-state index contributed by atoms with van der Waals surface area (Å²) in [5, 5.41) is 5.05. The number of carbonyl (C=O) groups is 2. The van der Waals surface area contributed by atoms with E-state index in [1.165, 1.54) is 6.92 Å². The lowest BCUT2D eigenvalue weighted by molar-refractivity contribution is 0.0950. The first-order valence-corrected chi connectivity index (χ1v) is 7.50. The van der Waals surface area contributed by atoms with Gasteiger partial charge < -0.3 is 5.32 Å². The molecule has 3 heteroatoms. The summed E-state index contributed by atoms with van der Waals surface area (Å²) in [6.45, 7) is 1.93. The lowest BCUT2D eigenvalue weighted by Gasteiger charge is -2.07. The highest BCUT2D eigenvalue weighted by Crippen LogP contribution is 2.15. The maximum atomic E-state index is 12.3. The molecule has 0 saturated carbocycles. The third-order valence-electron chi connectivity index (χ3n) is 3.80. The molecule has 3 aromatic carbocycles. The number of nitrogens with one attached hydrogen (secondary N) is 1. The second kappa shape index (κ2) is 6.44. The number of ketones is 1. The smallest absolute Gasteiger partial charge is 0.251 e. The van der Waals surface area contributed by atoms with Crippen molar-refractivity contribution in [3.8, 4) is 0 Å². The second-order valence-electron chi connectivity index (χ2n) is 5.50. The molecule has 0 aliphatic heterocycles. The van der Waals surface area contributed by atoms with Gasteiger partial charge in [-0.25, -0.2) is 0 Å². The van der Waals surface area contributed by atoms with Crippen LogP contribution in [0.15, 0.2) is 66.7 Å². The van der Waals surface area contributed by atoms with Gasteiger partial charge in [0.1, 0.15) is 0 Å². The van der Waals surface area contributed by atoms with E-state index in [9.17, 15) is 9.59 Å². The first-order chi connectivity index (χ1) is 11.1. The van der Waals surface area contributed by atoms with Crippen LogP contribution in [0.2, 0.25) is 0 Å². The zero-order chi connectivity index (χ0) is 16.2. The van der Waals surface area contributed by atoms with Gasteiger partial charge in [-0.1, -0.05) is 48.5 Å². The van der Waals surface area contributed by atoms with Crippen LogP contribution in [0, 0.1) is 0 Å². The molecule has 0 aliphatic rings. The molecule has 23 heavy (non-hydrogen) atoms. The number of benzene rings is 3. The fraction of sp³-hybridized carbons (Fsp3) is 0.100. The first-order valence-electron chi connectivity index (χ1n) is 7.50. The van der Waals surface area contributed by atoms with Gasteiger partial charge in [-0.2, -0.15) is 0 Å². The highest BCUT2D eigenvalue weighted by Gasteiger charge is 2.07. The lowest BCUT2D eigenvalue weighted by Crippen LogP contribution is -2.22. The fourth-order valence-electron chi connectivity index (χ4n) is 2.52. The van der Waals surface area contributed by atoms with Gasteiger partial charge in [0.05, 0.1) is 0 Å². The van der Waals surface area contributed by atoms with Crippen LogP contribution >= 0.6 is 0 Å². The van der Waals surface area contributed by atoms with Crippen molar-refractivity contribution in [2.45, 2.75) is 13.5 Å². The van der Waals surface area contributed by atoms with E-state index in [-0.39, 0.29) is 11.7 Å². The minimum Gasteiger partial charge on any atom is -0.348 e. The van der Waals surface area contributed by atoms with Crippen molar-refractivity contribution in [1.82, 2.24) is 5.32 Å². The average molecular weight is 303 g/mol. The Morgan fingerprint density at radius 2 is 1.61 bits per heavy atom. The summed E-state index contributed by atoms with van der Waals surface area (Å²) in [4.78, 5) is 23.7. The summed E-state index contributed by atoms with van der Waals surface area (Å²) in [5.74, 6) is -0.100. The topological polar surface area (TPSA) is 46.2 Å².